The van der Waals surface area contributed by atoms with Gasteiger partial charge in [0.2, 0.25) is 0 Å². The van der Waals surface area contributed by atoms with Gasteiger partial charge in [0, 0.05) is 24.3 Å². The molecule has 0 atom stereocenters. The molecule has 0 amide bonds. The van der Waals surface area contributed by atoms with E-state index in [1.165, 1.54) is 0 Å². The Bertz CT molecular complexity index is 892. The highest BCUT2D eigenvalue weighted by atomic mass is 16.5. The predicted molar refractivity (Wildman–Crippen MR) is 87.4 cm³/mol. The third kappa shape index (κ3) is 2.53. The Kier molecular flexibility index (Phi) is 3.23. The Balaban J connectivity index is 1.69. The first-order valence-electron chi connectivity index (χ1n) is 7.39. The Morgan fingerprint density at radius 3 is 2.39 bits per heavy atom. The number of nitrogens with zero attached hydrogens (tertiary/aromatic N) is 3. The average molecular weight is 312 g/mol. The summed E-state index contributed by atoms with van der Waals surface area (Å²) in [5.74, 6) is 0.284. The number of H-pyrrole nitrogens is 2. The number of nitrogens with one attached hydrogen (secondary N) is 2. The standard InChI is InChI=1S/C15H16N6O2/c16-12-11(17-13-14(18-12)20-15(22)19-13)9-1-3-10(4-2-9)21-5-7-23-8-6-21/h1-4H,5-8H2,(H4,16,17,18,19,20,22). The quantitative estimate of drug-likeness (QED) is 0.643. The maximum atomic E-state index is 11.3. The fourth-order valence-electron chi connectivity index (χ4n) is 2.73. The van der Waals surface area contributed by atoms with Gasteiger partial charge in [-0.1, -0.05) is 12.1 Å². The van der Waals surface area contributed by atoms with Crippen LogP contribution >= 0.6 is 0 Å². The molecule has 8 heteroatoms. The lowest BCUT2D eigenvalue weighted by Crippen LogP contribution is -2.36. The van der Waals surface area contributed by atoms with Crippen LogP contribution in [-0.2, 0) is 4.74 Å². The number of rotatable bonds is 2. The van der Waals surface area contributed by atoms with Crippen molar-refractivity contribution in [2.45, 2.75) is 0 Å². The van der Waals surface area contributed by atoms with Crippen molar-refractivity contribution in [3.05, 3.63) is 34.7 Å². The minimum atomic E-state index is -0.348. The molecule has 4 rings (SSSR count). The zero-order valence-electron chi connectivity index (χ0n) is 12.4. The highest BCUT2D eigenvalue weighted by Gasteiger charge is 2.13. The van der Waals surface area contributed by atoms with Gasteiger partial charge in [-0.25, -0.2) is 14.8 Å². The molecule has 118 valence electrons. The molecule has 2 aromatic heterocycles. The molecule has 0 spiro atoms. The summed E-state index contributed by atoms with van der Waals surface area (Å²) < 4.78 is 5.36. The maximum Gasteiger partial charge on any atom is 0.326 e. The molecule has 23 heavy (non-hydrogen) atoms. The molecule has 0 saturated carbocycles. The number of morpholine rings is 1. The van der Waals surface area contributed by atoms with Crippen molar-refractivity contribution < 1.29 is 4.74 Å². The third-order valence-electron chi connectivity index (χ3n) is 3.90. The number of hydrogen-bond acceptors (Lipinski definition) is 6. The summed E-state index contributed by atoms with van der Waals surface area (Å²) in [6.07, 6.45) is 0. The van der Waals surface area contributed by atoms with E-state index >= 15 is 0 Å². The van der Waals surface area contributed by atoms with Gasteiger partial charge in [0.05, 0.1) is 13.2 Å². The van der Waals surface area contributed by atoms with E-state index in [0.29, 0.717) is 17.0 Å². The van der Waals surface area contributed by atoms with E-state index in [9.17, 15) is 4.79 Å². The Hall–Kier alpha value is -2.87. The van der Waals surface area contributed by atoms with Crippen molar-refractivity contribution in [2.24, 2.45) is 0 Å². The molecule has 1 fully saturated rings. The zero-order valence-corrected chi connectivity index (χ0v) is 12.4. The van der Waals surface area contributed by atoms with E-state index < -0.39 is 0 Å². The number of aromatic amines is 2. The Labute approximate surface area is 131 Å². The van der Waals surface area contributed by atoms with Crippen molar-refractivity contribution in [3.8, 4) is 11.3 Å². The van der Waals surface area contributed by atoms with Crippen LogP contribution in [0.25, 0.3) is 22.6 Å². The lowest BCUT2D eigenvalue weighted by Gasteiger charge is -2.28. The van der Waals surface area contributed by atoms with Crippen LogP contribution in [0.3, 0.4) is 0 Å². The van der Waals surface area contributed by atoms with Crippen LogP contribution in [0.2, 0.25) is 0 Å². The normalized spacial score (nSPS) is 15.2. The fourth-order valence-corrected chi connectivity index (χ4v) is 2.73. The van der Waals surface area contributed by atoms with Gasteiger partial charge < -0.3 is 15.4 Å². The summed E-state index contributed by atoms with van der Waals surface area (Å²) in [5.41, 5.74) is 8.94. The largest absolute Gasteiger partial charge is 0.382 e. The number of hydrogen-bond donors (Lipinski definition) is 3. The number of fused-ring (bicyclic) bond motifs is 1. The molecule has 3 heterocycles. The van der Waals surface area contributed by atoms with Crippen molar-refractivity contribution in [1.29, 1.82) is 0 Å². The van der Waals surface area contributed by atoms with Crippen LogP contribution < -0.4 is 16.3 Å². The summed E-state index contributed by atoms with van der Waals surface area (Å²) in [6.45, 7) is 3.27. The molecule has 4 N–H and O–H groups in total. The Morgan fingerprint density at radius 2 is 1.70 bits per heavy atom. The van der Waals surface area contributed by atoms with Crippen LogP contribution in [0.1, 0.15) is 0 Å². The van der Waals surface area contributed by atoms with E-state index in [-0.39, 0.29) is 11.5 Å². The molecule has 0 unspecified atom stereocenters. The van der Waals surface area contributed by atoms with Crippen molar-refractivity contribution >= 4 is 22.8 Å². The molecule has 8 nitrogen and oxygen atoms in total. The maximum absolute atomic E-state index is 11.3. The topological polar surface area (TPSA) is 113 Å². The van der Waals surface area contributed by atoms with E-state index in [2.05, 4.69) is 24.8 Å². The first kappa shape index (κ1) is 13.8. The molecular formula is C15H16N6O2. The van der Waals surface area contributed by atoms with Gasteiger partial charge in [-0.05, 0) is 12.1 Å². The number of imidazole rings is 1. The summed E-state index contributed by atoms with van der Waals surface area (Å²) in [6, 6.07) is 7.99. The fraction of sp³-hybridized carbons (Fsp3) is 0.267. The van der Waals surface area contributed by atoms with E-state index in [0.717, 1.165) is 37.6 Å². The van der Waals surface area contributed by atoms with Crippen LogP contribution in [0.15, 0.2) is 29.1 Å². The van der Waals surface area contributed by atoms with Gasteiger partial charge in [-0.2, -0.15) is 0 Å². The van der Waals surface area contributed by atoms with Gasteiger partial charge in [-0.3, -0.25) is 9.97 Å². The highest BCUT2D eigenvalue weighted by Crippen LogP contribution is 2.26. The number of ether oxygens (including phenoxy) is 1. The lowest BCUT2D eigenvalue weighted by atomic mass is 10.1. The summed E-state index contributed by atoms with van der Waals surface area (Å²) in [5, 5.41) is 0. The van der Waals surface area contributed by atoms with Crippen LogP contribution in [-0.4, -0.2) is 46.2 Å². The second kappa shape index (κ2) is 5.40. The van der Waals surface area contributed by atoms with Gasteiger partial charge in [0.25, 0.3) is 0 Å². The third-order valence-corrected chi connectivity index (χ3v) is 3.90. The molecule has 1 saturated heterocycles. The number of nitrogens with two attached hydrogens (primary N) is 1. The molecule has 0 bridgehead atoms. The van der Waals surface area contributed by atoms with E-state index in [1.807, 2.05) is 24.3 Å². The van der Waals surface area contributed by atoms with E-state index in [1.54, 1.807) is 0 Å². The van der Waals surface area contributed by atoms with Crippen molar-refractivity contribution in [2.75, 3.05) is 36.9 Å². The summed E-state index contributed by atoms with van der Waals surface area (Å²) >= 11 is 0. The number of nitrogen functional groups attached to an aromatic ring is 1. The highest BCUT2D eigenvalue weighted by molar-refractivity contribution is 5.78. The van der Waals surface area contributed by atoms with Gasteiger partial charge >= 0.3 is 5.69 Å². The van der Waals surface area contributed by atoms with E-state index in [4.69, 9.17) is 10.5 Å². The molecule has 3 aromatic rings. The minimum absolute atomic E-state index is 0.284. The number of benzene rings is 1. The monoisotopic (exact) mass is 312 g/mol. The smallest absolute Gasteiger partial charge is 0.326 e. The first-order chi connectivity index (χ1) is 11.2. The number of aromatic nitrogens is 4. The number of anilines is 2. The summed E-state index contributed by atoms with van der Waals surface area (Å²) in [4.78, 5) is 27.3. The van der Waals surface area contributed by atoms with Gasteiger partial charge in [-0.15, -0.1) is 0 Å². The average Bonchev–Trinajstić information content (AvgIpc) is 2.94. The zero-order chi connectivity index (χ0) is 15.8. The molecule has 0 aliphatic carbocycles. The molecule has 1 aromatic carbocycles. The summed E-state index contributed by atoms with van der Waals surface area (Å²) in [7, 11) is 0. The molecule has 1 aliphatic rings. The van der Waals surface area contributed by atoms with Crippen LogP contribution in [0.4, 0.5) is 11.5 Å². The predicted octanol–water partition coefficient (Wildman–Crippen LogP) is 0.732. The van der Waals surface area contributed by atoms with Crippen LogP contribution in [0, 0.1) is 0 Å². The van der Waals surface area contributed by atoms with Crippen LogP contribution in [0.5, 0.6) is 0 Å². The van der Waals surface area contributed by atoms with Crippen molar-refractivity contribution in [3.63, 3.8) is 0 Å². The lowest BCUT2D eigenvalue weighted by molar-refractivity contribution is 0.122. The van der Waals surface area contributed by atoms with Gasteiger partial charge in [0.1, 0.15) is 5.69 Å². The second-order valence-corrected chi connectivity index (χ2v) is 5.38. The molecule has 0 radical (unpaired) electrons. The second-order valence-electron chi connectivity index (χ2n) is 5.38. The molecule has 1 aliphatic heterocycles. The first-order valence-corrected chi connectivity index (χ1v) is 7.39. The molecular weight excluding hydrogens is 296 g/mol. The minimum Gasteiger partial charge on any atom is -0.382 e. The van der Waals surface area contributed by atoms with Crippen molar-refractivity contribution in [1.82, 2.24) is 19.9 Å². The van der Waals surface area contributed by atoms with Gasteiger partial charge in [0.15, 0.2) is 17.1 Å². The Morgan fingerprint density at radius 1 is 1.04 bits per heavy atom. The SMILES string of the molecule is Nc1nc2[nH]c(=O)[nH]c2nc1-c1ccc(N2CCOCC2)cc1.